The lowest BCUT2D eigenvalue weighted by Gasteiger charge is -2.09. The van der Waals surface area contributed by atoms with Gasteiger partial charge >= 0.3 is 0 Å². The molecule has 4 rings (SSSR count). The van der Waals surface area contributed by atoms with Gasteiger partial charge in [0.05, 0.1) is 5.56 Å². The number of carbonyl (C=O) groups is 1. The highest BCUT2D eigenvalue weighted by Crippen LogP contribution is 2.46. The zero-order valence-electron chi connectivity index (χ0n) is 15.3. The van der Waals surface area contributed by atoms with Gasteiger partial charge in [0, 0.05) is 34.2 Å². The number of furan rings is 1. The van der Waals surface area contributed by atoms with Gasteiger partial charge < -0.3 is 30.6 Å². The number of nitrogens with two attached hydrogens (primary N) is 1. The van der Waals surface area contributed by atoms with Crippen molar-refractivity contribution in [3.63, 3.8) is 0 Å². The van der Waals surface area contributed by atoms with E-state index in [1.165, 1.54) is 36.4 Å². The Bertz CT molecular complexity index is 1250. The predicted octanol–water partition coefficient (Wildman–Crippen LogP) is 4.00. The lowest BCUT2D eigenvalue weighted by Crippen LogP contribution is -2.13. The number of amides is 1. The van der Waals surface area contributed by atoms with Crippen LogP contribution in [0.25, 0.3) is 33.4 Å². The van der Waals surface area contributed by atoms with E-state index < -0.39 is 5.91 Å². The second-order valence-corrected chi connectivity index (χ2v) is 6.72. The highest BCUT2D eigenvalue weighted by molar-refractivity contribution is 6.15. The van der Waals surface area contributed by atoms with E-state index in [0.29, 0.717) is 27.8 Å². The standard InChI is InChI=1S/C22H17NO6/c1-10-16(27)9-17-20(18(10)22(23)28)19(12-6-14(25)8-15(26)7-12)21(29-17)11-2-4-13(24)5-3-11/h2-9,24-27H,1H3,(H2,23,28). The Balaban J connectivity index is 2.19. The van der Waals surface area contributed by atoms with Crippen LogP contribution in [0.5, 0.6) is 23.0 Å². The summed E-state index contributed by atoms with van der Waals surface area (Å²) in [7, 11) is 0. The lowest BCUT2D eigenvalue weighted by molar-refractivity contribution is 0.100. The molecule has 7 heteroatoms. The molecule has 0 spiro atoms. The SMILES string of the molecule is Cc1c(O)cc2oc(-c3ccc(O)cc3)c(-c3cc(O)cc(O)c3)c2c1C(N)=O. The van der Waals surface area contributed by atoms with E-state index in [1.54, 1.807) is 19.1 Å². The Kier molecular flexibility index (Phi) is 4.08. The van der Waals surface area contributed by atoms with Crippen LogP contribution < -0.4 is 5.73 Å². The number of benzene rings is 3. The Labute approximate surface area is 164 Å². The molecule has 0 atom stereocenters. The third kappa shape index (κ3) is 2.98. The van der Waals surface area contributed by atoms with Crippen LogP contribution in [0.4, 0.5) is 0 Å². The molecular weight excluding hydrogens is 374 g/mol. The summed E-state index contributed by atoms with van der Waals surface area (Å²) in [5, 5.41) is 40.2. The number of hydrogen-bond acceptors (Lipinski definition) is 6. The van der Waals surface area contributed by atoms with Crippen LogP contribution in [0.2, 0.25) is 0 Å². The molecule has 0 aliphatic heterocycles. The first-order chi connectivity index (χ1) is 13.8. The van der Waals surface area contributed by atoms with Crippen LogP contribution in [0.1, 0.15) is 15.9 Å². The van der Waals surface area contributed by atoms with E-state index >= 15 is 0 Å². The number of rotatable bonds is 3. The van der Waals surface area contributed by atoms with E-state index in [2.05, 4.69) is 0 Å². The monoisotopic (exact) mass is 391 g/mol. The number of hydrogen-bond donors (Lipinski definition) is 5. The maximum absolute atomic E-state index is 12.2. The molecule has 0 radical (unpaired) electrons. The quantitative estimate of drug-likeness (QED) is 0.358. The molecule has 0 aliphatic carbocycles. The van der Waals surface area contributed by atoms with Crippen molar-refractivity contribution in [2.24, 2.45) is 5.73 Å². The average molecular weight is 391 g/mol. The summed E-state index contributed by atoms with van der Waals surface area (Å²) in [6.45, 7) is 1.56. The van der Waals surface area contributed by atoms with E-state index in [9.17, 15) is 25.2 Å². The molecule has 0 aliphatic rings. The molecule has 29 heavy (non-hydrogen) atoms. The summed E-state index contributed by atoms with van der Waals surface area (Å²) in [4.78, 5) is 12.2. The molecule has 146 valence electrons. The van der Waals surface area contributed by atoms with Crippen LogP contribution >= 0.6 is 0 Å². The number of phenols is 4. The molecular formula is C22H17NO6. The maximum atomic E-state index is 12.2. The fraction of sp³-hybridized carbons (Fsp3) is 0.0455. The third-order valence-corrected chi connectivity index (χ3v) is 4.78. The number of phenolic OH excluding ortho intramolecular Hbond substituents is 4. The summed E-state index contributed by atoms with van der Waals surface area (Å²) in [6, 6.07) is 11.6. The average Bonchev–Trinajstić information content (AvgIpc) is 3.00. The van der Waals surface area contributed by atoms with Gasteiger partial charge in [-0.05, 0) is 48.9 Å². The van der Waals surface area contributed by atoms with Gasteiger partial charge in [-0.25, -0.2) is 0 Å². The van der Waals surface area contributed by atoms with E-state index in [-0.39, 0.29) is 39.7 Å². The second kappa shape index (κ2) is 6.49. The summed E-state index contributed by atoms with van der Waals surface area (Å²) < 4.78 is 5.97. The van der Waals surface area contributed by atoms with Crippen molar-refractivity contribution < 1.29 is 29.6 Å². The minimum Gasteiger partial charge on any atom is -0.508 e. The smallest absolute Gasteiger partial charge is 0.249 e. The number of carbonyl (C=O) groups excluding carboxylic acids is 1. The first-order valence-corrected chi connectivity index (χ1v) is 8.68. The first kappa shape index (κ1) is 18.2. The summed E-state index contributed by atoms with van der Waals surface area (Å²) in [5.74, 6) is -0.885. The van der Waals surface area contributed by atoms with Gasteiger partial charge in [0.15, 0.2) is 0 Å². The van der Waals surface area contributed by atoms with E-state index in [4.69, 9.17) is 10.2 Å². The van der Waals surface area contributed by atoms with Gasteiger partial charge in [-0.2, -0.15) is 0 Å². The molecule has 0 saturated heterocycles. The van der Waals surface area contributed by atoms with Crippen molar-refractivity contribution in [3.05, 3.63) is 59.7 Å². The van der Waals surface area contributed by atoms with E-state index in [0.717, 1.165) is 0 Å². The molecule has 0 unspecified atom stereocenters. The Morgan fingerprint density at radius 3 is 2.07 bits per heavy atom. The van der Waals surface area contributed by atoms with Gasteiger partial charge in [0.1, 0.15) is 34.3 Å². The highest BCUT2D eigenvalue weighted by atomic mass is 16.3. The van der Waals surface area contributed by atoms with Gasteiger partial charge in [0.25, 0.3) is 0 Å². The number of primary amides is 1. The molecule has 0 bridgehead atoms. The van der Waals surface area contributed by atoms with Gasteiger partial charge in [0.2, 0.25) is 5.91 Å². The first-order valence-electron chi connectivity index (χ1n) is 8.68. The molecule has 7 nitrogen and oxygen atoms in total. The predicted molar refractivity (Wildman–Crippen MR) is 107 cm³/mol. The molecule has 1 amide bonds. The number of fused-ring (bicyclic) bond motifs is 1. The minimum atomic E-state index is -0.757. The Morgan fingerprint density at radius 1 is 0.862 bits per heavy atom. The minimum absolute atomic E-state index is 0.0627. The van der Waals surface area contributed by atoms with Crippen molar-refractivity contribution >= 4 is 16.9 Å². The molecule has 1 heterocycles. The zero-order chi connectivity index (χ0) is 20.9. The summed E-state index contributed by atoms with van der Waals surface area (Å²) in [5.41, 5.74) is 7.54. The van der Waals surface area contributed by atoms with Crippen molar-refractivity contribution in [3.8, 4) is 45.4 Å². The topological polar surface area (TPSA) is 137 Å². The van der Waals surface area contributed by atoms with Crippen molar-refractivity contribution in [2.45, 2.75) is 6.92 Å². The van der Waals surface area contributed by atoms with Crippen molar-refractivity contribution in [1.29, 1.82) is 0 Å². The highest BCUT2D eigenvalue weighted by Gasteiger charge is 2.25. The summed E-state index contributed by atoms with van der Waals surface area (Å²) >= 11 is 0. The second-order valence-electron chi connectivity index (χ2n) is 6.72. The molecule has 1 aromatic heterocycles. The van der Waals surface area contributed by atoms with Crippen molar-refractivity contribution in [1.82, 2.24) is 0 Å². The normalized spacial score (nSPS) is 11.1. The Hall–Kier alpha value is -4.13. The molecule has 0 fully saturated rings. The fourth-order valence-electron chi connectivity index (χ4n) is 3.49. The van der Waals surface area contributed by atoms with Gasteiger partial charge in [-0.1, -0.05) is 0 Å². The van der Waals surface area contributed by atoms with Crippen LogP contribution in [0.15, 0.2) is 52.9 Å². The summed E-state index contributed by atoms with van der Waals surface area (Å²) in [6.07, 6.45) is 0. The van der Waals surface area contributed by atoms with Gasteiger partial charge in [-0.3, -0.25) is 4.79 Å². The number of aromatic hydroxyl groups is 4. The maximum Gasteiger partial charge on any atom is 0.249 e. The van der Waals surface area contributed by atoms with Crippen LogP contribution in [-0.4, -0.2) is 26.3 Å². The van der Waals surface area contributed by atoms with E-state index in [1.807, 2.05) is 0 Å². The fourth-order valence-corrected chi connectivity index (χ4v) is 3.49. The third-order valence-electron chi connectivity index (χ3n) is 4.78. The molecule has 4 aromatic rings. The molecule has 6 N–H and O–H groups in total. The molecule has 3 aromatic carbocycles. The van der Waals surface area contributed by atoms with Crippen molar-refractivity contribution in [2.75, 3.05) is 0 Å². The van der Waals surface area contributed by atoms with Gasteiger partial charge in [-0.15, -0.1) is 0 Å². The molecule has 0 saturated carbocycles. The lowest BCUT2D eigenvalue weighted by atomic mass is 9.93. The Morgan fingerprint density at radius 2 is 1.48 bits per heavy atom. The van der Waals surface area contributed by atoms with Crippen LogP contribution in [0, 0.1) is 6.92 Å². The zero-order valence-corrected chi connectivity index (χ0v) is 15.3. The van der Waals surface area contributed by atoms with Crippen LogP contribution in [0.3, 0.4) is 0 Å². The largest absolute Gasteiger partial charge is 0.508 e. The van der Waals surface area contributed by atoms with Crippen LogP contribution in [-0.2, 0) is 0 Å².